The van der Waals surface area contributed by atoms with Crippen LogP contribution >= 0.6 is 22.7 Å². The third kappa shape index (κ3) is 8.25. The van der Waals surface area contributed by atoms with Crippen molar-refractivity contribution < 1.29 is 63.1 Å². The van der Waals surface area contributed by atoms with E-state index in [2.05, 4.69) is 0 Å². The van der Waals surface area contributed by atoms with Gasteiger partial charge in [-0.15, -0.1) is 22.7 Å². The summed E-state index contributed by atoms with van der Waals surface area (Å²) in [6.07, 6.45) is 0. The molecule has 468 valence electrons. The SMILES string of the molecule is [2H]c1c([2H])c(-c2c([2H])c([2H])c3sc4c([2H])c([2H])c([2H])c([2H])c4c3c2[2H])c(-c2c([2H])c([2H])c3c([2H])c([2H])c4c([2H])c([2H])c([2H])c5c([2H])c([2H])c2c3c45)c([2H])c1-c1c([2H])c([2H])c2c([2H])c([2H])c3c([2H])c([2H])c([2H])c4c([2H])c([2H])c1c2c34.[2H]c1c([2H])c2c([2H])c([2H])c3c([2H])c([2H])c(-c4ccc(-c5ccc6sc7ccccc7c6c5)c(-c5c([2H])c([2H])c6c([2H])c([2H])c7c([2H])c([2H])c([2H])c8c([2H])c([2H])c5c6c78)c4)c4c([2H])c([2H])c(c1[2H])c2c34. The van der Waals surface area contributed by atoms with Gasteiger partial charge < -0.3 is 0 Å². The summed E-state index contributed by atoms with van der Waals surface area (Å²) in [7, 11) is 0. The second-order valence-corrected chi connectivity index (χ2v) is 26.4. The Morgan fingerprint density at radius 3 is 1.11 bits per heavy atom. The molecule has 0 bridgehead atoms. The van der Waals surface area contributed by atoms with Crippen molar-refractivity contribution in [1.82, 2.24) is 0 Å². The fourth-order valence-corrected chi connectivity index (χ4v) is 16.4. The lowest BCUT2D eigenvalue weighted by molar-refractivity contribution is 1.61. The number of fused-ring (bicyclic) bond motifs is 6. The Morgan fingerprint density at radius 2 is 0.559 bits per heavy atom. The second kappa shape index (κ2) is 21.5. The predicted octanol–water partition coefficient (Wildman–Crippen LogP) is 29.7. The average Bonchev–Trinajstić information content (AvgIpc) is 0.758. The molecule has 22 aromatic carbocycles. The normalized spacial score (nSPS) is 18.6. The second-order valence-electron chi connectivity index (χ2n) is 24.3. The van der Waals surface area contributed by atoms with Gasteiger partial charge in [-0.3, -0.25) is 0 Å². The molecule has 0 atom stereocenters. The fourth-order valence-electron chi connectivity index (χ4n) is 14.4. The van der Waals surface area contributed by atoms with E-state index in [-0.39, 0.29) is 123 Å². The lowest BCUT2D eigenvalue weighted by atomic mass is 9.84. The molecule has 0 aliphatic rings. The van der Waals surface area contributed by atoms with E-state index < -0.39 is 360 Å². The van der Waals surface area contributed by atoms with Gasteiger partial charge in [-0.25, -0.2) is 0 Å². The molecule has 0 amide bonds. The zero-order valence-electron chi connectivity index (χ0n) is 97.6. The number of rotatable bonds is 6. The average molecular weight is 1370 g/mol. The molecule has 0 saturated carbocycles. The third-order valence-electron chi connectivity index (χ3n) is 19.0. The molecule has 0 aliphatic heterocycles. The summed E-state index contributed by atoms with van der Waals surface area (Å²) in [5.74, 6) is 0. The molecule has 24 rings (SSSR count). The molecule has 0 radical (unpaired) electrons. The Morgan fingerprint density at radius 1 is 0.176 bits per heavy atom. The molecular weight excluding hydrogens is 1270 g/mol. The van der Waals surface area contributed by atoms with E-state index in [0.717, 1.165) is 20.2 Å². The third-order valence-corrected chi connectivity index (χ3v) is 21.1. The Kier molecular flexibility index (Phi) is 5.94. The van der Waals surface area contributed by atoms with Gasteiger partial charge in [0.2, 0.25) is 0 Å². The number of thiophene rings is 2. The first-order valence-corrected chi connectivity index (χ1v) is 33.3. The van der Waals surface area contributed by atoms with Crippen LogP contribution in [0.1, 0.15) is 63.1 Å². The summed E-state index contributed by atoms with van der Waals surface area (Å²) < 4.78 is 425. The van der Waals surface area contributed by atoms with Gasteiger partial charge in [-0.05, 0) is 244 Å². The Bertz CT molecular complexity index is 10500. The van der Waals surface area contributed by atoms with E-state index in [1.807, 2.05) is 42.5 Å². The molecular formula is C100H56S2. The van der Waals surface area contributed by atoms with Crippen LogP contribution in [-0.4, -0.2) is 0 Å². The van der Waals surface area contributed by atoms with Crippen molar-refractivity contribution in [3.05, 3.63) is 339 Å². The van der Waals surface area contributed by atoms with Crippen molar-refractivity contribution in [2.75, 3.05) is 0 Å². The highest BCUT2D eigenvalue weighted by atomic mass is 32.1. The van der Waals surface area contributed by atoms with Crippen LogP contribution in [0.15, 0.2) is 339 Å². The largest absolute Gasteiger partial charge is 0.135 e. The van der Waals surface area contributed by atoms with E-state index in [1.54, 1.807) is 29.5 Å². The van der Waals surface area contributed by atoms with Crippen molar-refractivity contribution in [3.63, 3.8) is 0 Å². The fraction of sp³-hybridized carbons (Fsp3) is 0. The van der Waals surface area contributed by atoms with Crippen molar-refractivity contribution in [1.29, 1.82) is 0 Å². The van der Waals surface area contributed by atoms with Crippen LogP contribution < -0.4 is 0 Å². The molecule has 0 unspecified atom stereocenters. The summed E-state index contributed by atoms with van der Waals surface area (Å²) in [4.78, 5) is 0. The molecule has 24 aromatic rings. The van der Waals surface area contributed by atoms with Gasteiger partial charge in [0.15, 0.2) is 0 Å². The van der Waals surface area contributed by atoms with E-state index in [4.69, 9.17) is 32.9 Å². The minimum atomic E-state index is -1.10. The molecule has 0 aliphatic carbocycles. The monoisotopic (exact) mass is 1370 g/mol. The molecule has 0 saturated heterocycles. The molecule has 0 fully saturated rings. The lowest BCUT2D eigenvalue weighted by Crippen LogP contribution is -1.92. The minimum absolute atomic E-state index is 0.00889. The first-order valence-electron chi connectivity index (χ1n) is 54.6. The summed E-state index contributed by atoms with van der Waals surface area (Å²) in [6.45, 7) is 0. The predicted molar refractivity (Wildman–Crippen MR) is 446 cm³/mol. The van der Waals surface area contributed by atoms with Crippen LogP contribution in [0, 0.1) is 0 Å². The quantitative estimate of drug-likeness (QED) is 0.146. The van der Waals surface area contributed by atoms with Crippen molar-refractivity contribution in [3.8, 4) is 66.8 Å². The van der Waals surface area contributed by atoms with E-state index in [9.17, 15) is 30.2 Å². The zero-order chi connectivity index (χ0) is 106. The highest BCUT2D eigenvalue weighted by Crippen LogP contribution is 2.50. The number of hydrogen-bond acceptors (Lipinski definition) is 2. The van der Waals surface area contributed by atoms with Crippen LogP contribution in [0.3, 0.4) is 0 Å². The highest BCUT2D eigenvalue weighted by molar-refractivity contribution is 7.26. The van der Waals surface area contributed by atoms with Gasteiger partial charge in [0.1, 0.15) is 0 Å². The van der Waals surface area contributed by atoms with Gasteiger partial charge in [0.25, 0.3) is 0 Å². The molecule has 0 spiro atoms. The molecule has 2 heterocycles. The molecule has 2 aromatic heterocycles. The minimum Gasteiger partial charge on any atom is -0.135 e. The Balaban J connectivity index is 0.000000164. The maximum atomic E-state index is 10.4. The topological polar surface area (TPSA) is 0 Å². The highest BCUT2D eigenvalue weighted by Gasteiger charge is 2.23. The number of benzene rings is 22. The zero-order valence-corrected chi connectivity index (χ0v) is 53.2. The summed E-state index contributed by atoms with van der Waals surface area (Å²) in [6, 6.07) is -14.2. The lowest BCUT2D eigenvalue weighted by Gasteiger charge is -2.19. The van der Waals surface area contributed by atoms with Crippen LogP contribution in [0.2, 0.25) is 0 Å². The van der Waals surface area contributed by atoms with Gasteiger partial charge in [0, 0.05) is 40.3 Å². The van der Waals surface area contributed by atoms with E-state index in [1.165, 1.54) is 0 Å². The molecule has 2 heteroatoms. The first-order chi connectivity index (χ1) is 69.8. The maximum Gasteiger partial charge on any atom is 0.0638 e. The van der Waals surface area contributed by atoms with Gasteiger partial charge >= 0.3 is 0 Å². The van der Waals surface area contributed by atoms with E-state index >= 15 is 0 Å². The van der Waals surface area contributed by atoms with Crippen molar-refractivity contribution in [2.45, 2.75) is 0 Å². The molecule has 0 N–H and O–H groups in total. The summed E-state index contributed by atoms with van der Waals surface area (Å²) >= 11 is 2.25. The standard InChI is InChI=1S/2C50H28S/c2*1-2-10-45-40(9-1)44-28-36(20-26-46(44)51-45)38-22-19-35(37-21-15-33-13-11-29-5-3-7-31-17-24-41(37)49(33)47(29)31)27-43(38)39-23-16-34-14-12-30-6-4-8-32-18-25-42(39)50(34)48(30)32/h2*1-28H/i1D,2D,3D,4D,5D,6D,7D,8D,9D,10D,11D,12D,13D,14D,15D,16D,17D,18D,19D,20D,21D,22D,23D,24D,25D,26D,27D,28D;3D,4D,5D,6D,7D,8D,11D,12D,13D,14D,15D,16D,17D,18D,21D,23D,24D,25D. The number of hydrogen-bond donors (Lipinski definition) is 0. The maximum absolute atomic E-state index is 10.4. The van der Waals surface area contributed by atoms with Gasteiger partial charge in [-0.2, -0.15) is 0 Å². The van der Waals surface area contributed by atoms with Crippen LogP contribution in [0.5, 0.6) is 0 Å². The van der Waals surface area contributed by atoms with Crippen molar-refractivity contribution in [2.24, 2.45) is 0 Å². The molecule has 102 heavy (non-hydrogen) atoms. The smallest absolute Gasteiger partial charge is 0.0638 e. The first kappa shape index (κ1) is 28.2. The summed E-state index contributed by atoms with van der Waals surface area (Å²) in [5.41, 5.74) is -3.69. The Labute approximate surface area is 659 Å². The van der Waals surface area contributed by atoms with Crippen LogP contribution in [0.25, 0.3) is 236 Å². The van der Waals surface area contributed by atoms with Crippen LogP contribution in [0.4, 0.5) is 0 Å². The Hall–Kier alpha value is -12.6. The van der Waals surface area contributed by atoms with Crippen LogP contribution in [-0.2, 0) is 0 Å². The van der Waals surface area contributed by atoms with Gasteiger partial charge in [0.05, 0.1) is 63.1 Å². The van der Waals surface area contributed by atoms with Crippen molar-refractivity contribution >= 4 is 192 Å². The van der Waals surface area contributed by atoms with Gasteiger partial charge in [-0.1, -0.05) is 290 Å². The summed E-state index contributed by atoms with van der Waals surface area (Å²) in [5, 5.41) is -5.79. The molecule has 0 nitrogen and oxygen atoms in total. The van der Waals surface area contributed by atoms with E-state index in [0.29, 0.717) is 22.5 Å².